The second-order valence-corrected chi connectivity index (χ2v) is 20.8. The highest BCUT2D eigenvalue weighted by Gasteiger charge is 2.49. The van der Waals surface area contributed by atoms with Crippen molar-refractivity contribution in [2.24, 2.45) is 47.3 Å². The van der Waals surface area contributed by atoms with Crippen LogP contribution in [0.3, 0.4) is 0 Å². The number of ether oxygens (including phenoxy) is 2. The molecule has 8 atom stereocenters. The van der Waals surface area contributed by atoms with Crippen LogP contribution in [0, 0.1) is 61.2 Å². The Bertz CT molecular complexity index is 2320. The zero-order valence-electron chi connectivity index (χ0n) is 41.8. The standard InChI is InChI=1S/C55H80N4O6/c1-13-39-34(7)41-29-46-48(38(11)60)36(9)43(57-46)27-42-35(8)40(52(58-42)50-51(55(63)64-12)54(62)49-37(10)44(59-53(49)50)28-45(39)56-41)23-24-47(61)65-26-25-33(6)22-16-21-32(5)20-15-19-31(4)18-14-17-30(2)3/h27-35,40,51-52,56-59H,13-26H2,1-12H3/b41-29-,42-27-,44-28-/t31-,32-,33?,34-,35+,40+,51-,52+/m1/s1. The van der Waals surface area contributed by atoms with Gasteiger partial charge < -0.3 is 30.1 Å². The first-order valence-electron chi connectivity index (χ1n) is 25.1. The second kappa shape index (κ2) is 21.8. The first-order chi connectivity index (χ1) is 30.9. The van der Waals surface area contributed by atoms with Crippen LogP contribution in [-0.2, 0) is 19.1 Å². The van der Waals surface area contributed by atoms with Crippen molar-refractivity contribution in [3.05, 3.63) is 67.0 Å². The summed E-state index contributed by atoms with van der Waals surface area (Å²) in [6, 6.07) is -0.471. The summed E-state index contributed by atoms with van der Waals surface area (Å²) >= 11 is 0. The van der Waals surface area contributed by atoms with Crippen molar-refractivity contribution >= 4 is 47.3 Å². The summed E-state index contributed by atoms with van der Waals surface area (Å²) in [5, 5.41) is 8.84. The molecule has 1 aliphatic carbocycles. The molecule has 5 heterocycles. The fourth-order valence-corrected chi connectivity index (χ4v) is 11.3. The first-order valence-corrected chi connectivity index (χ1v) is 25.1. The molecule has 0 spiro atoms. The molecule has 8 bridgehead atoms. The van der Waals surface area contributed by atoms with Crippen molar-refractivity contribution in [2.75, 3.05) is 13.7 Å². The van der Waals surface area contributed by atoms with Crippen molar-refractivity contribution < 1.29 is 28.7 Å². The van der Waals surface area contributed by atoms with Gasteiger partial charge in [0, 0.05) is 57.5 Å². The van der Waals surface area contributed by atoms with Crippen LogP contribution < -0.4 is 21.3 Å². The Morgan fingerprint density at radius 2 is 1.40 bits per heavy atom. The van der Waals surface area contributed by atoms with Crippen molar-refractivity contribution in [3.63, 3.8) is 0 Å². The smallest absolute Gasteiger partial charge is 0.320 e. The number of aromatic amines is 2. The lowest BCUT2D eigenvalue weighted by Gasteiger charge is -2.25. The number of esters is 2. The molecule has 0 amide bonds. The normalized spacial score (nSPS) is 24.7. The number of rotatable bonds is 21. The molecular weight excluding hydrogens is 813 g/mol. The lowest BCUT2D eigenvalue weighted by Crippen LogP contribution is -2.38. The molecule has 3 aliphatic heterocycles. The first kappa shape index (κ1) is 49.8. The predicted molar refractivity (Wildman–Crippen MR) is 262 cm³/mol. The van der Waals surface area contributed by atoms with E-state index in [0.29, 0.717) is 41.0 Å². The molecule has 2 aromatic rings. The molecule has 4 aliphatic rings. The van der Waals surface area contributed by atoms with Gasteiger partial charge in [0.2, 0.25) is 0 Å². The number of allylic oxidation sites excluding steroid dienone is 3. The monoisotopic (exact) mass is 893 g/mol. The van der Waals surface area contributed by atoms with E-state index in [1.54, 1.807) is 6.92 Å². The van der Waals surface area contributed by atoms with Crippen LogP contribution in [0.5, 0.6) is 0 Å². The van der Waals surface area contributed by atoms with Gasteiger partial charge in [-0.1, -0.05) is 113 Å². The average molecular weight is 893 g/mol. The summed E-state index contributed by atoms with van der Waals surface area (Å²) in [6.45, 7) is 24.0. The fraction of sp³-hybridized carbons (Fsp3) is 0.636. The third-order valence-corrected chi connectivity index (χ3v) is 15.4. The number of carbonyl (C=O) groups excluding carboxylic acids is 4. The molecule has 6 rings (SSSR count). The highest BCUT2D eigenvalue weighted by atomic mass is 16.5. The van der Waals surface area contributed by atoms with E-state index in [1.807, 2.05) is 13.8 Å². The number of hydrogen-bond acceptors (Lipinski definition) is 8. The van der Waals surface area contributed by atoms with Crippen molar-refractivity contribution in [3.8, 4) is 0 Å². The van der Waals surface area contributed by atoms with Crippen LogP contribution in [0.4, 0.5) is 0 Å². The minimum absolute atomic E-state index is 0.0266. The zero-order chi connectivity index (χ0) is 47.3. The van der Waals surface area contributed by atoms with Crippen LogP contribution in [0.2, 0.25) is 0 Å². The number of nitrogens with one attached hydrogen (secondary N) is 4. The summed E-state index contributed by atoms with van der Waals surface area (Å²) in [5.41, 5.74) is 9.00. The summed E-state index contributed by atoms with van der Waals surface area (Å²) in [4.78, 5) is 62.0. The van der Waals surface area contributed by atoms with Crippen LogP contribution in [-0.4, -0.2) is 53.2 Å². The largest absolute Gasteiger partial charge is 0.468 e. The van der Waals surface area contributed by atoms with Gasteiger partial charge in [0.05, 0.1) is 30.8 Å². The fourth-order valence-electron chi connectivity index (χ4n) is 11.3. The van der Waals surface area contributed by atoms with E-state index in [2.05, 4.69) is 94.2 Å². The minimum Gasteiger partial charge on any atom is -0.468 e. The third kappa shape index (κ3) is 11.2. The van der Waals surface area contributed by atoms with Gasteiger partial charge in [-0.3, -0.25) is 19.2 Å². The molecule has 0 saturated carbocycles. The molecule has 4 N–H and O–H groups in total. The topological polar surface area (TPSA) is 142 Å². The molecule has 2 aromatic heterocycles. The number of hydrogen-bond donors (Lipinski definition) is 4. The number of H-pyrrole nitrogens is 2. The second-order valence-electron chi connectivity index (χ2n) is 20.8. The predicted octanol–water partition coefficient (Wildman–Crippen LogP) is 10.4. The van der Waals surface area contributed by atoms with Gasteiger partial charge >= 0.3 is 11.9 Å². The van der Waals surface area contributed by atoms with Crippen molar-refractivity contribution in [2.45, 2.75) is 166 Å². The molecule has 0 aromatic carbocycles. The average Bonchev–Trinajstić information content (AvgIpc) is 4.00. The lowest BCUT2D eigenvalue weighted by atomic mass is 9.80. The maximum Gasteiger partial charge on any atom is 0.320 e. The van der Waals surface area contributed by atoms with E-state index in [-0.39, 0.29) is 41.7 Å². The maximum atomic E-state index is 14.4. The van der Waals surface area contributed by atoms with E-state index >= 15 is 0 Å². The molecule has 10 nitrogen and oxygen atoms in total. The quantitative estimate of drug-likeness (QED) is 0.0551. The Morgan fingerprint density at radius 3 is 2.00 bits per heavy atom. The lowest BCUT2D eigenvalue weighted by molar-refractivity contribution is -0.144. The molecule has 10 heteroatoms. The Labute approximate surface area is 389 Å². The van der Waals surface area contributed by atoms with Gasteiger partial charge in [-0.2, -0.15) is 0 Å². The SMILES string of the molecule is CCC1=C2/C=c3\[nH]c4c(c3C)C(=O)[C@H](C(=O)OC)C=4[C@H]3N/C(=C\c4[nH]c(c(C(C)=O)c4C)/C=C(\N2)[C@@H]1C)[C@@H](C)[C@@H]3CCC(=O)OCCC(C)CCC[C@H](C)CCC[C@H](C)CCCC(C)C. The Kier molecular flexibility index (Phi) is 16.7. The molecule has 1 unspecified atom stereocenters. The molecular formula is C55H80N4O6. The van der Waals surface area contributed by atoms with Crippen LogP contribution in [0.1, 0.15) is 189 Å². The molecule has 0 radical (unpaired) electrons. The highest BCUT2D eigenvalue weighted by Crippen LogP contribution is 2.43. The number of aromatic nitrogens is 2. The van der Waals surface area contributed by atoms with Gasteiger partial charge in [0.1, 0.15) is 5.92 Å². The number of ketones is 2. The van der Waals surface area contributed by atoms with E-state index < -0.39 is 17.9 Å². The number of carbonyl (C=O) groups is 4. The molecule has 1 fully saturated rings. The Balaban J connectivity index is 1.19. The van der Waals surface area contributed by atoms with Gasteiger partial charge in [-0.05, 0) is 110 Å². The summed E-state index contributed by atoms with van der Waals surface area (Å²) in [5.74, 6) is 0.361. The van der Waals surface area contributed by atoms with Gasteiger partial charge in [0.15, 0.2) is 11.6 Å². The van der Waals surface area contributed by atoms with E-state index in [9.17, 15) is 19.2 Å². The van der Waals surface area contributed by atoms with E-state index in [0.717, 1.165) is 82.0 Å². The van der Waals surface area contributed by atoms with E-state index in [4.69, 9.17) is 9.47 Å². The Hall–Kier alpha value is -4.60. The maximum absolute atomic E-state index is 14.4. The third-order valence-electron chi connectivity index (χ3n) is 15.4. The number of methoxy groups -OCH3 is 1. The summed E-state index contributed by atoms with van der Waals surface area (Å²) in [7, 11) is 1.32. The van der Waals surface area contributed by atoms with Crippen LogP contribution in [0.15, 0.2) is 22.7 Å². The molecule has 356 valence electrons. The summed E-state index contributed by atoms with van der Waals surface area (Å²) < 4.78 is 11.2. The van der Waals surface area contributed by atoms with Crippen LogP contribution in [0.25, 0.3) is 23.8 Å². The molecule has 65 heavy (non-hydrogen) atoms. The minimum atomic E-state index is -1.13. The van der Waals surface area contributed by atoms with Crippen molar-refractivity contribution in [1.82, 2.24) is 20.6 Å². The van der Waals surface area contributed by atoms with Gasteiger partial charge in [-0.25, -0.2) is 0 Å². The summed E-state index contributed by atoms with van der Waals surface area (Å²) in [6.07, 6.45) is 20.1. The Morgan fingerprint density at radius 1 is 0.785 bits per heavy atom. The zero-order valence-corrected chi connectivity index (χ0v) is 41.8. The van der Waals surface area contributed by atoms with Gasteiger partial charge in [0.25, 0.3) is 0 Å². The van der Waals surface area contributed by atoms with Crippen LogP contribution >= 0.6 is 0 Å². The molecule has 1 saturated heterocycles. The van der Waals surface area contributed by atoms with E-state index in [1.165, 1.54) is 64.0 Å². The van der Waals surface area contributed by atoms with Crippen molar-refractivity contribution in [1.29, 1.82) is 0 Å². The number of fused-ring (bicyclic) bond motifs is 8. The number of Topliss-reactive ketones (excluding diaryl/α,β-unsaturated/α-hetero) is 2. The van der Waals surface area contributed by atoms with Gasteiger partial charge in [-0.15, -0.1) is 0 Å². The highest BCUT2D eigenvalue weighted by molar-refractivity contribution is 6.19.